The van der Waals surface area contributed by atoms with Gasteiger partial charge < -0.3 is 63.6 Å². The van der Waals surface area contributed by atoms with Crippen LogP contribution in [0.2, 0.25) is 0 Å². The summed E-state index contributed by atoms with van der Waals surface area (Å²) in [4.78, 5) is 28.8. The molecule has 0 aromatic heterocycles. The number of methoxy groups -OCH3 is 2. The van der Waals surface area contributed by atoms with Gasteiger partial charge in [0, 0.05) is 38.6 Å². The van der Waals surface area contributed by atoms with Gasteiger partial charge in [0.2, 0.25) is 0 Å². The number of ketones is 1. The van der Waals surface area contributed by atoms with Gasteiger partial charge in [-0.15, -0.1) is 0 Å². The number of nitrogens with zero attached hydrogens (tertiary/aromatic N) is 1. The molecule has 0 aromatic carbocycles. The molecule has 2 fully saturated rings. The minimum absolute atomic E-state index is 0.0214. The molecule has 3 aliphatic rings. The van der Waals surface area contributed by atoms with E-state index in [2.05, 4.69) is 0 Å². The summed E-state index contributed by atoms with van der Waals surface area (Å²) in [5.41, 5.74) is 0.717. The minimum Gasteiger partial charge on any atom is -0.462 e. The van der Waals surface area contributed by atoms with Crippen LogP contribution in [-0.4, -0.2) is 163 Å². The highest BCUT2D eigenvalue weighted by Gasteiger charge is 2.48. The van der Waals surface area contributed by atoms with Crippen molar-refractivity contribution < 1.29 is 68.3 Å². The highest BCUT2D eigenvalue weighted by molar-refractivity contribution is 5.91. The topological polar surface area (TPSA) is 203 Å². The number of carbonyl (C=O) groups excluding carboxylic acids is 2. The number of likely N-dealkylation sites (N-methyl/N-ethyl adjacent to an activating group) is 1. The first-order valence-electron chi connectivity index (χ1n) is 19.2. The summed E-state index contributed by atoms with van der Waals surface area (Å²) >= 11 is 0. The normalized spacial score (nSPS) is 43.7. The lowest BCUT2D eigenvalue weighted by molar-refractivity contribution is -0.304. The molecule has 3 aliphatic heterocycles. The van der Waals surface area contributed by atoms with Crippen LogP contribution >= 0.6 is 0 Å². The van der Waals surface area contributed by atoms with Gasteiger partial charge in [-0.1, -0.05) is 38.5 Å². The van der Waals surface area contributed by atoms with Gasteiger partial charge in [0.05, 0.1) is 49.6 Å². The third-order valence-electron chi connectivity index (χ3n) is 11.2. The van der Waals surface area contributed by atoms with E-state index < -0.39 is 109 Å². The van der Waals surface area contributed by atoms with E-state index in [0.29, 0.717) is 12.0 Å². The van der Waals surface area contributed by atoms with Crippen molar-refractivity contribution in [3.63, 3.8) is 0 Å². The zero-order chi connectivity index (χ0) is 40.4. The van der Waals surface area contributed by atoms with Crippen LogP contribution in [-0.2, 0) is 42.7 Å². The number of cyclic esters (lactones) is 1. The summed E-state index contributed by atoms with van der Waals surface area (Å²) in [6.07, 6.45) is -5.44. The molecular formula is C39H67NO14. The van der Waals surface area contributed by atoms with E-state index in [-0.39, 0.29) is 38.3 Å². The Bertz CT molecular complexity index is 1230. The van der Waals surface area contributed by atoms with Crippen molar-refractivity contribution in [1.82, 2.24) is 4.90 Å². The summed E-state index contributed by atoms with van der Waals surface area (Å²) in [5.74, 6) is -3.09. The van der Waals surface area contributed by atoms with Crippen molar-refractivity contribution >= 4 is 11.8 Å². The minimum atomic E-state index is -1.28. The molecule has 17 atom stereocenters. The van der Waals surface area contributed by atoms with Crippen molar-refractivity contribution in [2.24, 2.45) is 23.7 Å². The lowest BCUT2D eigenvalue weighted by Crippen LogP contribution is -2.63. The van der Waals surface area contributed by atoms with Crippen molar-refractivity contribution in [2.75, 3.05) is 41.5 Å². The molecule has 0 amide bonds. The third-order valence-corrected chi connectivity index (χ3v) is 11.2. The van der Waals surface area contributed by atoms with Crippen molar-refractivity contribution in [1.29, 1.82) is 0 Å². The molecule has 54 heavy (non-hydrogen) atoms. The van der Waals surface area contributed by atoms with Gasteiger partial charge in [-0.25, -0.2) is 0 Å². The monoisotopic (exact) mass is 773 g/mol. The van der Waals surface area contributed by atoms with Gasteiger partial charge in [0.25, 0.3) is 0 Å². The summed E-state index contributed by atoms with van der Waals surface area (Å²) in [6, 6.07) is -0.720. The summed E-state index contributed by atoms with van der Waals surface area (Å²) in [5, 5.41) is 54.4. The summed E-state index contributed by atoms with van der Waals surface area (Å²) < 4.78 is 41.7. The molecule has 312 valence electrons. The molecule has 4 unspecified atom stereocenters. The highest BCUT2D eigenvalue weighted by atomic mass is 16.7. The summed E-state index contributed by atoms with van der Waals surface area (Å²) in [6.45, 7) is 10.3. The molecular weight excluding hydrogens is 706 g/mol. The number of carbonyl (C=O) groups is 2. The second-order valence-corrected chi connectivity index (χ2v) is 15.5. The highest BCUT2D eigenvalue weighted by Crippen LogP contribution is 2.35. The molecule has 15 nitrogen and oxygen atoms in total. The van der Waals surface area contributed by atoms with E-state index in [1.807, 2.05) is 19.9 Å². The third kappa shape index (κ3) is 11.8. The quantitative estimate of drug-likeness (QED) is 0.188. The molecule has 0 aromatic rings. The number of hydrogen-bond acceptors (Lipinski definition) is 15. The summed E-state index contributed by atoms with van der Waals surface area (Å²) in [7, 11) is 6.40. The number of aliphatic hydroxyl groups excluding tert-OH is 5. The first-order valence-corrected chi connectivity index (χ1v) is 19.2. The number of esters is 1. The van der Waals surface area contributed by atoms with Gasteiger partial charge in [-0.3, -0.25) is 9.59 Å². The van der Waals surface area contributed by atoms with Crippen LogP contribution < -0.4 is 0 Å². The van der Waals surface area contributed by atoms with E-state index in [9.17, 15) is 35.1 Å². The predicted molar refractivity (Wildman–Crippen MR) is 197 cm³/mol. The molecule has 15 heteroatoms. The number of aliphatic hydroxyl groups is 5. The first-order chi connectivity index (χ1) is 25.5. The number of allylic oxidation sites excluding steroid dienone is 3. The average Bonchev–Trinajstić information content (AvgIpc) is 3.12. The van der Waals surface area contributed by atoms with Crippen LogP contribution in [0.15, 0.2) is 23.8 Å². The van der Waals surface area contributed by atoms with Crippen molar-refractivity contribution in [2.45, 2.75) is 147 Å². The van der Waals surface area contributed by atoms with Crippen LogP contribution in [0.25, 0.3) is 0 Å². The zero-order valence-corrected chi connectivity index (χ0v) is 33.6. The van der Waals surface area contributed by atoms with Crippen molar-refractivity contribution in [3.8, 4) is 0 Å². The smallest absolute Gasteiger partial charge is 0.308 e. The van der Waals surface area contributed by atoms with E-state index in [0.717, 1.165) is 0 Å². The zero-order valence-electron chi connectivity index (χ0n) is 33.6. The van der Waals surface area contributed by atoms with Crippen LogP contribution in [0.1, 0.15) is 67.2 Å². The largest absolute Gasteiger partial charge is 0.462 e. The van der Waals surface area contributed by atoms with Gasteiger partial charge in [-0.2, -0.15) is 0 Å². The van der Waals surface area contributed by atoms with Gasteiger partial charge in [0.1, 0.15) is 30.5 Å². The molecule has 3 rings (SSSR count). The fourth-order valence-electron chi connectivity index (χ4n) is 7.85. The fraction of sp³-hybridized carbons (Fsp3) is 0.846. The van der Waals surface area contributed by atoms with E-state index in [1.54, 1.807) is 52.8 Å². The van der Waals surface area contributed by atoms with E-state index in [1.165, 1.54) is 20.3 Å². The fourth-order valence-corrected chi connectivity index (χ4v) is 7.85. The Morgan fingerprint density at radius 2 is 1.50 bits per heavy atom. The Labute approximate surface area is 320 Å². The lowest BCUT2D eigenvalue weighted by atomic mass is 9.79. The molecule has 2 saturated heterocycles. The number of ether oxygens (including phenoxy) is 7. The average molecular weight is 774 g/mol. The van der Waals surface area contributed by atoms with Crippen LogP contribution in [0.5, 0.6) is 0 Å². The maximum atomic E-state index is 13.6. The van der Waals surface area contributed by atoms with Gasteiger partial charge in [-0.05, 0) is 66.1 Å². The van der Waals surface area contributed by atoms with Crippen LogP contribution in [0, 0.1) is 23.7 Å². The molecule has 3 heterocycles. The maximum Gasteiger partial charge on any atom is 0.308 e. The second-order valence-electron chi connectivity index (χ2n) is 15.5. The number of hydrogen-bond donors (Lipinski definition) is 5. The van der Waals surface area contributed by atoms with Crippen molar-refractivity contribution in [3.05, 3.63) is 23.8 Å². The maximum absolute atomic E-state index is 13.6. The van der Waals surface area contributed by atoms with Crippen LogP contribution in [0.3, 0.4) is 0 Å². The van der Waals surface area contributed by atoms with Gasteiger partial charge in [0.15, 0.2) is 18.4 Å². The van der Waals surface area contributed by atoms with E-state index in [4.69, 9.17) is 33.2 Å². The van der Waals surface area contributed by atoms with E-state index >= 15 is 0 Å². The Morgan fingerprint density at radius 3 is 2.09 bits per heavy atom. The Hall–Kier alpha value is -1.86. The first kappa shape index (κ1) is 46.5. The SMILES string of the molecule is CC[C@H]1OC(=O)C[C@@H](O)[C@H](C)[C@@H](O[C@@H]2O[C@H](C)[C@@H](O)C(N(C)C)C2O)[C@@H](CCO)C[C@@H](C)C(=O)/C=C/C(C)=C/[C@@H]1CO[C@@H]1OC(C)[C@@H](O)C(OC)[C@@H]1OC. The predicted octanol–water partition coefficient (Wildman–Crippen LogP) is 1.36. The Kier molecular flexibility index (Phi) is 18.6. The number of rotatable bonds is 11. The second kappa shape index (κ2) is 21.6. The molecule has 0 saturated carbocycles. The molecule has 0 spiro atoms. The molecule has 5 N–H and O–H groups in total. The lowest BCUT2D eigenvalue weighted by Gasteiger charge is -2.46. The molecule has 0 aliphatic carbocycles. The Balaban J connectivity index is 1.96. The molecule has 0 bridgehead atoms. The van der Waals surface area contributed by atoms with Gasteiger partial charge >= 0.3 is 5.97 Å². The standard InChI is InChI=1S/C39H67NO14/c1-11-29-26(19-50-39-37(49-10)36(48-9)33(46)24(6)52-39)16-20(2)12-13-27(42)21(3)17-25(14-15-41)35(22(4)28(43)18-30(44)53-29)54-38-34(47)31(40(7)8)32(45)23(5)51-38/h12-13,16,21-26,28-29,31-39,41,43,45-47H,11,14-15,17-19H2,1-10H3/b13-12+,20-16+/t21-,22+,23-,24?,25+,26-,28-,29-,31?,32-,33-,34?,35-,36?,37+,38+,39-/m1/s1. The molecule has 0 radical (unpaired) electrons. The Morgan fingerprint density at radius 1 is 0.870 bits per heavy atom. The van der Waals surface area contributed by atoms with Crippen LogP contribution in [0.4, 0.5) is 0 Å².